The van der Waals surface area contributed by atoms with E-state index in [1.54, 1.807) is 0 Å². The van der Waals surface area contributed by atoms with Gasteiger partial charge in [0, 0.05) is 26.1 Å². The lowest BCUT2D eigenvalue weighted by atomic mass is 10.3. The molecule has 78 valence electrons. The number of nitrogens with zero attached hydrogens (tertiary/aromatic N) is 1. The molecule has 0 saturated carbocycles. The van der Waals surface area contributed by atoms with Gasteiger partial charge < -0.3 is 15.3 Å². The predicted octanol–water partition coefficient (Wildman–Crippen LogP) is -1.19. The maximum atomic E-state index is 11.3. The number of hydrogen-bond donors (Lipinski definition) is 2. The number of carbonyl (C=O) groups excluding carboxylic acids is 2. The van der Waals surface area contributed by atoms with E-state index in [4.69, 9.17) is 5.11 Å². The largest absolute Gasteiger partial charge is 0.481 e. The van der Waals surface area contributed by atoms with Gasteiger partial charge in [-0.25, -0.2) is 0 Å². The summed E-state index contributed by atoms with van der Waals surface area (Å²) in [4.78, 5) is 33.8. The third-order valence-corrected chi connectivity index (χ3v) is 1.97. The zero-order valence-corrected chi connectivity index (χ0v) is 7.65. The molecule has 1 saturated heterocycles. The highest BCUT2D eigenvalue weighted by Gasteiger charge is 2.19. The van der Waals surface area contributed by atoms with Gasteiger partial charge in [-0.1, -0.05) is 0 Å². The van der Waals surface area contributed by atoms with E-state index in [1.165, 1.54) is 4.90 Å². The van der Waals surface area contributed by atoms with Crippen LogP contribution in [0.2, 0.25) is 0 Å². The molecule has 2 amide bonds. The Hall–Kier alpha value is -1.59. The molecule has 0 aromatic carbocycles. The van der Waals surface area contributed by atoms with Crippen molar-refractivity contribution in [3.63, 3.8) is 0 Å². The molecule has 0 aliphatic carbocycles. The van der Waals surface area contributed by atoms with E-state index in [0.717, 1.165) is 0 Å². The summed E-state index contributed by atoms with van der Waals surface area (Å²) in [6, 6.07) is 0. The van der Waals surface area contributed by atoms with Crippen LogP contribution in [0, 0.1) is 0 Å². The van der Waals surface area contributed by atoms with Crippen molar-refractivity contribution in [2.24, 2.45) is 0 Å². The maximum absolute atomic E-state index is 11.3. The quantitative estimate of drug-likeness (QED) is 0.549. The molecule has 1 rings (SSSR count). The Morgan fingerprint density at radius 2 is 2.14 bits per heavy atom. The molecule has 6 heteroatoms. The van der Waals surface area contributed by atoms with E-state index in [0.29, 0.717) is 19.6 Å². The molecule has 2 N–H and O–H groups in total. The molecule has 0 atom stereocenters. The lowest BCUT2D eigenvalue weighted by Crippen LogP contribution is -2.35. The van der Waals surface area contributed by atoms with Gasteiger partial charge >= 0.3 is 5.97 Å². The van der Waals surface area contributed by atoms with E-state index in [9.17, 15) is 14.4 Å². The number of aliphatic carboxylic acids is 1. The lowest BCUT2D eigenvalue weighted by Gasteiger charge is -2.18. The van der Waals surface area contributed by atoms with Gasteiger partial charge in [0.1, 0.15) is 6.42 Å². The number of carboxylic acid groups (broad SMARTS) is 1. The van der Waals surface area contributed by atoms with Gasteiger partial charge in [0.05, 0.1) is 0 Å². The van der Waals surface area contributed by atoms with E-state index in [2.05, 4.69) is 5.32 Å². The van der Waals surface area contributed by atoms with Gasteiger partial charge in [0.25, 0.3) is 0 Å². The molecule has 0 aromatic rings. The number of carboxylic acids is 1. The molecular formula is C8H12N2O4. The van der Waals surface area contributed by atoms with Crippen LogP contribution in [0.25, 0.3) is 0 Å². The zero-order valence-electron chi connectivity index (χ0n) is 7.65. The molecule has 0 bridgehead atoms. The Morgan fingerprint density at radius 1 is 1.43 bits per heavy atom. The van der Waals surface area contributed by atoms with Crippen molar-refractivity contribution < 1.29 is 19.5 Å². The van der Waals surface area contributed by atoms with Crippen LogP contribution in [0.4, 0.5) is 0 Å². The Balaban J connectivity index is 2.47. The van der Waals surface area contributed by atoms with Gasteiger partial charge in [-0.15, -0.1) is 0 Å². The molecule has 0 spiro atoms. The number of amides is 2. The average Bonchev–Trinajstić information content (AvgIpc) is 2.28. The highest BCUT2D eigenvalue weighted by Crippen LogP contribution is 1.99. The second-order valence-electron chi connectivity index (χ2n) is 3.05. The molecule has 0 unspecified atom stereocenters. The predicted molar refractivity (Wildman–Crippen MR) is 46.5 cm³/mol. The number of nitrogens with one attached hydrogen (secondary N) is 1. The van der Waals surface area contributed by atoms with Crippen LogP contribution in [-0.2, 0) is 14.4 Å². The fraction of sp³-hybridized carbons (Fsp3) is 0.625. The highest BCUT2D eigenvalue weighted by atomic mass is 16.4. The minimum absolute atomic E-state index is 0.101. The maximum Gasteiger partial charge on any atom is 0.312 e. The Kier molecular flexibility index (Phi) is 3.44. The minimum Gasteiger partial charge on any atom is -0.481 e. The molecule has 1 aliphatic heterocycles. The topological polar surface area (TPSA) is 86.7 Å². The highest BCUT2D eigenvalue weighted by molar-refractivity contribution is 5.93. The molecule has 14 heavy (non-hydrogen) atoms. The van der Waals surface area contributed by atoms with Gasteiger partial charge in [-0.05, 0) is 0 Å². The van der Waals surface area contributed by atoms with Gasteiger partial charge in [0.15, 0.2) is 0 Å². The normalized spacial score (nSPS) is 17.1. The monoisotopic (exact) mass is 200 g/mol. The molecule has 0 radical (unpaired) electrons. The van der Waals surface area contributed by atoms with E-state index in [1.807, 2.05) is 0 Å². The van der Waals surface area contributed by atoms with Crippen LogP contribution < -0.4 is 5.32 Å². The van der Waals surface area contributed by atoms with Gasteiger partial charge in [-0.3, -0.25) is 14.4 Å². The molecule has 1 aliphatic rings. The zero-order chi connectivity index (χ0) is 10.6. The molecule has 0 aromatic heterocycles. The van der Waals surface area contributed by atoms with Crippen LogP contribution >= 0.6 is 0 Å². The Bertz CT molecular complexity index is 264. The Labute approximate surface area is 80.9 Å². The number of rotatable bonds is 2. The summed E-state index contributed by atoms with van der Waals surface area (Å²) in [6.07, 6.45) is -0.264. The first-order chi connectivity index (χ1) is 6.59. The molecular weight excluding hydrogens is 188 g/mol. The van der Waals surface area contributed by atoms with Crippen LogP contribution in [0.1, 0.15) is 12.8 Å². The third kappa shape index (κ3) is 3.04. The second-order valence-corrected chi connectivity index (χ2v) is 3.05. The third-order valence-electron chi connectivity index (χ3n) is 1.97. The summed E-state index contributed by atoms with van der Waals surface area (Å²) >= 11 is 0. The first kappa shape index (κ1) is 10.5. The average molecular weight is 200 g/mol. The Morgan fingerprint density at radius 3 is 2.79 bits per heavy atom. The summed E-state index contributed by atoms with van der Waals surface area (Å²) in [5.41, 5.74) is 0. The van der Waals surface area contributed by atoms with Crippen molar-refractivity contribution in [2.75, 3.05) is 19.6 Å². The van der Waals surface area contributed by atoms with Crippen LogP contribution in [-0.4, -0.2) is 47.4 Å². The summed E-state index contributed by atoms with van der Waals surface area (Å²) in [5, 5.41) is 11.0. The molecule has 6 nitrogen and oxygen atoms in total. The SMILES string of the molecule is O=C(O)CC(=O)N1CCNC(=O)CC1. The minimum atomic E-state index is -1.14. The van der Waals surface area contributed by atoms with Crippen molar-refractivity contribution in [1.29, 1.82) is 0 Å². The van der Waals surface area contributed by atoms with E-state index in [-0.39, 0.29) is 12.3 Å². The van der Waals surface area contributed by atoms with Crippen molar-refractivity contribution in [1.82, 2.24) is 10.2 Å². The van der Waals surface area contributed by atoms with Crippen LogP contribution in [0.3, 0.4) is 0 Å². The molecule has 1 fully saturated rings. The summed E-state index contributed by atoms with van der Waals surface area (Å²) in [6.45, 7) is 1.08. The van der Waals surface area contributed by atoms with Crippen LogP contribution in [0.5, 0.6) is 0 Å². The van der Waals surface area contributed by atoms with Crippen LogP contribution in [0.15, 0.2) is 0 Å². The van der Waals surface area contributed by atoms with Gasteiger partial charge in [-0.2, -0.15) is 0 Å². The standard InChI is InChI=1S/C8H12N2O4/c11-6-1-3-10(4-2-9-6)7(12)5-8(13)14/h1-5H2,(H,9,11)(H,13,14). The van der Waals surface area contributed by atoms with Crippen molar-refractivity contribution in [3.8, 4) is 0 Å². The van der Waals surface area contributed by atoms with E-state index < -0.39 is 18.3 Å². The second kappa shape index (κ2) is 4.59. The lowest BCUT2D eigenvalue weighted by molar-refractivity contribution is -0.144. The summed E-state index contributed by atoms with van der Waals surface area (Å²) in [7, 11) is 0. The smallest absolute Gasteiger partial charge is 0.312 e. The van der Waals surface area contributed by atoms with E-state index >= 15 is 0 Å². The summed E-state index contributed by atoms with van der Waals surface area (Å²) < 4.78 is 0. The van der Waals surface area contributed by atoms with Crippen molar-refractivity contribution >= 4 is 17.8 Å². The van der Waals surface area contributed by atoms with Crippen molar-refractivity contribution in [2.45, 2.75) is 12.8 Å². The summed E-state index contributed by atoms with van der Waals surface area (Å²) in [5.74, 6) is -1.68. The van der Waals surface area contributed by atoms with Crippen molar-refractivity contribution in [3.05, 3.63) is 0 Å². The number of hydrogen-bond acceptors (Lipinski definition) is 3. The number of carbonyl (C=O) groups is 3. The first-order valence-electron chi connectivity index (χ1n) is 4.36. The fourth-order valence-corrected chi connectivity index (χ4v) is 1.26. The molecule has 1 heterocycles. The first-order valence-corrected chi connectivity index (χ1v) is 4.36. The fourth-order valence-electron chi connectivity index (χ4n) is 1.26. The van der Waals surface area contributed by atoms with Gasteiger partial charge in [0.2, 0.25) is 11.8 Å².